The molecule has 0 rings (SSSR count). The first-order chi connectivity index (χ1) is 3.72. The Balaban J connectivity index is 3.52. The van der Waals surface area contributed by atoms with Gasteiger partial charge in [-0.2, -0.15) is 0 Å². The average Bonchev–Trinajstić information content (AvgIpc) is 1.69. The zero-order valence-corrected chi connectivity index (χ0v) is 5.31. The second-order valence-electron chi connectivity index (χ2n) is 1.83. The lowest BCUT2D eigenvalue weighted by molar-refractivity contribution is -0.311. The van der Waals surface area contributed by atoms with E-state index in [9.17, 15) is 9.90 Å². The van der Waals surface area contributed by atoms with Gasteiger partial charge in [0.25, 0.3) is 0 Å². The first kappa shape index (κ1) is 7.47. The highest BCUT2D eigenvalue weighted by molar-refractivity contribution is 5.67. The van der Waals surface area contributed by atoms with Gasteiger partial charge in [-0.1, -0.05) is 13.8 Å². The van der Waals surface area contributed by atoms with Crippen molar-refractivity contribution < 1.29 is 9.90 Å². The van der Waals surface area contributed by atoms with Gasteiger partial charge in [0.1, 0.15) is 0 Å². The van der Waals surface area contributed by atoms with Gasteiger partial charge in [0.2, 0.25) is 0 Å². The molecule has 0 unspecified atom stereocenters. The van der Waals surface area contributed by atoms with Crippen LogP contribution >= 0.6 is 0 Å². The molecule has 2 nitrogen and oxygen atoms in total. The number of carboxylic acid groups (broad SMARTS) is 1. The molecule has 8 heavy (non-hydrogen) atoms. The van der Waals surface area contributed by atoms with E-state index in [1.54, 1.807) is 0 Å². The van der Waals surface area contributed by atoms with Crippen molar-refractivity contribution in [1.29, 1.82) is 0 Å². The molecule has 0 fully saturated rings. The Hall–Kier alpha value is -0.530. The lowest BCUT2D eigenvalue weighted by atomic mass is 10.1. The van der Waals surface area contributed by atoms with Gasteiger partial charge >= 0.3 is 0 Å². The van der Waals surface area contributed by atoms with Crippen molar-refractivity contribution in [2.75, 3.05) is 0 Å². The monoisotopic (exact) mass is 115 g/mol. The van der Waals surface area contributed by atoms with E-state index in [-0.39, 0.29) is 5.92 Å². The Morgan fingerprint density at radius 2 is 1.88 bits per heavy atom. The Morgan fingerprint density at radius 1 is 1.50 bits per heavy atom. The summed E-state index contributed by atoms with van der Waals surface area (Å²) in [5.41, 5.74) is 0. The van der Waals surface area contributed by atoms with Gasteiger partial charge in [0.15, 0.2) is 0 Å². The average molecular weight is 115 g/mol. The molecule has 0 aromatic rings. The van der Waals surface area contributed by atoms with Gasteiger partial charge < -0.3 is 9.90 Å². The third-order valence-electron chi connectivity index (χ3n) is 1.32. The van der Waals surface area contributed by atoms with Crippen LogP contribution in [0.25, 0.3) is 0 Å². The molecule has 0 saturated heterocycles. The van der Waals surface area contributed by atoms with Crippen LogP contribution < -0.4 is 5.11 Å². The van der Waals surface area contributed by atoms with Gasteiger partial charge in [0.05, 0.1) is 0 Å². The minimum atomic E-state index is -0.921. The molecule has 48 valence electrons. The van der Waals surface area contributed by atoms with Gasteiger partial charge in [-0.25, -0.2) is 0 Å². The summed E-state index contributed by atoms with van der Waals surface area (Å²) in [5, 5.41) is 10.1. The largest absolute Gasteiger partial charge is 0.550 e. The van der Waals surface area contributed by atoms with Crippen molar-refractivity contribution in [1.82, 2.24) is 0 Å². The van der Waals surface area contributed by atoms with E-state index in [1.165, 1.54) is 0 Å². The summed E-state index contributed by atoms with van der Waals surface area (Å²) >= 11 is 0. The lowest BCUT2D eigenvalue weighted by Gasteiger charge is -2.11. The summed E-state index contributed by atoms with van der Waals surface area (Å²) in [4.78, 5) is 10.1. The van der Waals surface area contributed by atoms with E-state index >= 15 is 0 Å². The molecule has 0 radical (unpaired) electrons. The van der Waals surface area contributed by atoms with Crippen molar-refractivity contribution in [2.24, 2.45) is 5.92 Å². The first-order valence-electron chi connectivity index (χ1n) is 2.93. The molecule has 0 N–H and O–H groups in total. The topological polar surface area (TPSA) is 40.1 Å². The van der Waals surface area contributed by atoms with Gasteiger partial charge in [0, 0.05) is 5.97 Å². The van der Waals surface area contributed by atoms with E-state index < -0.39 is 5.97 Å². The molecule has 0 saturated carbocycles. The summed E-state index contributed by atoms with van der Waals surface area (Å²) < 4.78 is 0. The van der Waals surface area contributed by atoms with Gasteiger partial charge in [-0.3, -0.25) is 0 Å². The zero-order chi connectivity index (χ0) is 6.57. The predicted octanol–water partition coefficient (Wildman–Crippen LogP) is 0.172. The van der Waals surface area contributed by atoms with E-state index in [0.717, 1.165) is 0 Å². The number of aliphatic carboxylic acids is 1. The quantitative estimate of drug-likeness (QED) is 0.526. The maximum Gasteiger partial charge on any atom is 0.0445 e. The van der Waals surface area contributed by atoms with Crippen molar-refractivity contribution >= 4 is 5.97 Å². The van der Waals surface area contributed by atoms with E-state index in [2.05, 4.69) is 0 Å². The third kappa shape index (κ3) is 1.96. The lowest BCUT2D eigenvalue weighted by Crippen LogP contribution is -2.30. The van der Waals surface area contributed by atoms with Crippen LogP contribution in [0.3, 0.4) is 0 Å². The fraction of sp³-hybridized carbons (Fsp3) is 0.833. The van der Waals surface area contributed by atoms with Crippen LogP contribution in [0.2, 0.25) is 0 Å². The molecule has 0 amide bonds. The summed E-state index contributed by atoms with van der Waals surface area (Å²) in [5.74, 6) is -1.16. The summed E-state index contributed by atoms with van der Waals surface area (Å²) in [6.07, 6.45) is 1.36. The molecular formula is C6H11O2-. The van der Waals surface area contributed by atoms with Crippen LogP contribution in [-0.2, 0) is 4.79 Å². The highest BCUT2D eigenvalue weighted by Crippen LogP contribution is 2.04. The molecule has 0 atom stereocenters. The van der Waals surface area contributed by atoms with Crippen LogP contribution in [0.15, 0.2) is 0 Å². The molecule has 0 aliphatic rings. The molecular weight excluding hydrogens is 104 g/mol. The molecule has 0 spiro atoms. The molecule has 0 heterocycles. The van der Waals surface area contributed by atoms with Gasteiger partial charge in [-0.15, -0.1) is 0 Å². The van der Waals surface area contributed by atoms with Crippen LogP contribution in [0.1, 0.15) is 26.7 Å². The van der Waals surface area contributed by atoms with Crippen LogP contribution in [-0.4, -0.2) is 5.97 Å². The number of hydrogen-bond donors (Lipinski definition) is 0. The molecule has 0 aliphatic heterocycles. The minimum absolute atomic E-state index is 0.241. The normalized spacial score (nSPS) is 9.88. The Labute approximate surface area is 49.5 Å². The number of hydrogen-bond acceptors (Lipinski definition) is 2. The first-order valence-corrected chi connectivity index (χ1v) is 2.93. The Bertz CT molecular complexity index is 74.6. The van der Waals surface area contributed by atoms with Crippen molar-refractivity contribution in [3.8, 4) is 0 Å². The zero-order valence-electron chi connectivity index (χ0n) is 5.31. The van der Waals surface area contributed by atoms with Crippen molar-refractivity contribution in [2.45, 2.75) is 26.7 Å². The second-order valence-corrected chi connectivity index (χ2v) is 1.83. The maximum absolute atomic E-state index is 10.1. The van der Waals surface area contributed by atoms with Crippen molar-refractivity contribution in [3.05, 3.63) is 0 Å². The van der Waals surface area contributed by atoms with Crippen LogP contribution in [0.4, 0.5) is 0 Å². The highest BCUT2D eigenvalue weighted by atomic mass is 16.4. The summed E-state index contributed by atoms with van der Waals surface area (Å²) in [6, 6.07) is 0. The number of rotatable bonds is 3. The van der Waals surface area contributed by atoms with Crippen LogP contribution in [0, 0.1) is 5.92 Å². The van der Waals surface area contributed by atoms with E-state index in [4.69, 9.17) is 0 Å². The SMILES string of the molecule is CCC(CC)C(=O)[O-]. The summed E-state index contributed by atoms with van der Waals surface area (Å²) in [6.45, 7) is 3.70. The highest BCUT2D eigenvalue weighted by Gasteiger charge is 2.01. The maximum atomic E-state index is 10.1. The molecule has 0 aliphatic carbocycles. The smallest absolute Gasteiger partial charge is 0.0445 e. The third-order valence-corrected chi connectivity index (χ3v) is 1.32. The molecule has 0 aromatic carbocycles. The van der Waals surface area contributed by atoms with Crippen LogP contribution in [0.5, 0.6) is 0 Å². The summed E-state index contributed by atoms with van der Waals surface area (Å²) in [7, 11) is 0. The molecule has 2 heteroatoms. The fourth-order valence-electron chi connectivity index (χ4n) is 0.622. The molecule has 0 bridgehead atoms. The fourth-order valence-corrected chi connectivity index (χ4v) is 0.622. The number of carbonyl (C=O) groups is 1. The van der Waals surface area contributed by atoms with E-state index in [0.29, 0.717) is 12.8 Å². The standard InChI is InChI=1S/C6H12O2/c1-3-5(4-2)6(7)8/h5H,3-4H2,1-2H3,(H,7,8)/p-1. The minimum Gasteiger partial charge on any atom is -0.550 e. The molecule has 0 aromatic heterocycles. The predicted molar refractivity (Wildman–Crippen MR) is 29.1 cm³/mol. The Morgan fingerprint density at radius 3 is 1.88 bits per heavy atom. The number of carboxylic acids is 1. The number of carbonyl (C=O) groups excluding carboxylic acids is 1. The van der Waals surface area contributed by atoms with Crippen molar-refractivity contribution in [3.63, 3.8) is 0 Å². The van der Waals surface area contributed by atoms with Gasteiger partial charge in [-0.05, 0) is 18.8 Å². The Kier molecular flexibility index (Phi) is 3.24. The van der Waals surface area contributed by atoms with E-state index in [1.807, 2.05) is 13.8 Å². The second kappa shape index (κ2) is 3.47.